The Labute approximate surface area is 130 Å². The number of nitrogens with one attached hydrogen (secondary N) is 1. The van der Waals surface area contributed by atoms with E-state index in [-0.39, 0.29) is 5.54 Å². The van der Waals surface area contributed by atoms with Gasteiger partial charge in [-0.05, 0) is 57.7 Å². The highest BCUT2D eigenvalue weighted by Gasteiger charge is 2.21. The molecule has 1 N–H and O–H groups in total. The summed E-state index contributed by atoms with van der Waals surface area (Å²) in [5, 5.41) is 3.59. The van der Waals surface area contributed by atoms with Crippen LogP contribution in [-0.4, -0.2) is 30.1 Å². The molecule has 2 rings (SSSR count). The van der Waals surface area contributed by atoms with E-state index in [0.29, 0.717) is 5.92 Å². The minimum Gasteiger partial charge on any atom is -0.311 e. The van der Waals surface area contributed by atoms with Crippen LogP contribution in [0.1, 0.15) is 64.0 Å². The zero-order valence-electron chi connectivity index (χ0n) is 14.4. The molecule has 0 radical (unpaired) electrons. The van der Waals surface area contributed by atoms with Gasteiger partial charge in [0.15, 0.2) is 0 Å². The molecule has 1 aliphatic rings. The first-order valence-corrected chi connectivity index (χ1v) is 8.39. The lowest BCUT2D eigenvalue weighted by Gasteiger charge is -2.34. The Morgan fingerprint density at radius 3 is 2.29 bits per heavy atom. The Kier molecular flexibility index (Phi) is 5.45. The minimum absolute atomic E-state index is 0.194. The maximum Gasteiger partial charge on any atom is 0.0233 e. The summed E-state index contributed by atoms with van der Waals surface area (Å²) in [5.74, 6) is 0.558. The highest BCUT2D eigenvalue weighted by Crippen LogP contribution is 2.25. The lowest BCUT2D eigenvalue weighted by atomic mass is 9.91. The van der Waals surface area contributed by atoms with Crippen LogP contribution in [-0.2, 0) is 6.54 Å². The summed E-state index contributed by atoms with van der Waals surface area (Å²) < 4.78 is 0. The summed E-state index contributed by atoms with van der Waals surface area (Å²) in [4.78, 5) is 2.50. The third-order valence-corrected chi connectivity index (χ3v) is 4.62. The molecule has 1 aromatic rings. The van der Waals surface area contributed by atoms with Crippen LogP contribution in [0.3, 0.4) is 0 Å². The van der Waals surface area contributed by atoms with Crippen molar-refractivity contribution >= 4 is 0 Å². The maximum absolute atomic E-state index is 3.59. The third kappa shape index (κ3) is 5.12. The normalized spacial score (nSPS) is 17.8. The molecule has 0 bridgehead atoms. The smallest absolute Gasteiger partial charge is 0.0233 e. The lowest BCUT2D eigenvalue weighted by molar-refractivity contribution is 0.152. The van der Waals surface area contributed by atoms with Crippen LogP contribution in [0.2, 0.25) is 0 Å². The second kappa shape index (κ2) is 6.93. The molecule has 0 heterocycles. The SMILES string of the molecule is CC(CNC(C)(C)C)c1ccc(CN(C)C2CCC2)cc1. The highest BCUT2D eigenvalue weighted by molar-refractivity contribution is 5.25. The number of hydrogen-bond donors (Lipinski definition) is 1. The van der Waals surface area contributed by atoms with E-state index in [1.165, 1.54) is 30.4 Å². The average molecular weight is 288 g/mol. The van der Waals surface area contributed by atoms with E-state index in [1.54, 1.807) is 0 Å². The molecule has 1 unspecified atom stereocenters. The number of rotatable bonds is 6. The third-order valence-electron chi connectivity index (χ3n) is 4.62. The molecule has 1 saturated carbocycles. The molecule has 0 amide bonds. The van der Waals surface area contributed by atoms with Crippen molar-refractivity contribution in [2.45, 2.75) is 71.0 Å². The Bertz CT molecular complexity index is 426. The van der Waals surface area contributed by atoms with Crippen molar-refractivity contribution in [2.24, 2.45) is 0 Å². The number of hydrogen-bond acceptors (Lipinski definition) is 2. The predicted octanol–water partition coefficient (Wildman–Crippen LogP) is 4.16. The molecule has 0 aliphatic heterocycles. The van der Waals surface area contributed by atoms with Crippen molar-refractivity contribution in [3.63, 3.8) is 0 Å². The van der Waals surface area contributed by atoms with E-state index in [4.69, 9.17) is 0 Å². The highest BCUT2D eigenvalue weighted by atomic mass is 15.1. The van der Waals surface area contributed by atoms with Crippen molar-refractivity contribution in [2.75, 3.05) is 13.6 Å². The Morgan fingerprint density at radius 1 is 1.19 bits per heavy atom. The van der Waals surface area contributed by atoms with Crippen molar-refractivity contribution in [1.82, 2.24) is 10.2 Å². The zero-order chi connectivity index (χ0) is 15.5. The lowest BCUT2D eigenvalue weighted by Crippen LogP contribution is -2.38. The van der Waals surface area contributed by atoms with Gasteiger partial charge in [-0.15, -0.1) is 0 Å². The quantitative estimate of drug-likeness (QED) is 0.845. The molecule has 118 valence electrons. The van der Waals surface area contributed by atoms with Crippen LogP contribution in [0.15, 0.2) is 24.3 Å². The summed E-state index contributed by atoms with van der Waals surface area (Å²) in [5.41, 5.74) is 3.06. The van der Waals surface area contributed by atoms with Crippen molar-refractivity contribution in [1.29, 1.82) is 0 Å². The summed E-state index contributed by atoms with van der Waals surface area (Å²) in [7, 11) is 2.26. The maximum atomic E-state index is 3.59. The van der Waals surface area contributed by atoms with Crippen LogP contribution in [0.5, 0.6) is 0 Å². The van der Waals surface area contributed by atoms with E-state index in [9.17, 15) is 0 Å². The molecule has 2 nitrogen and oxygen atoms in total. The second-order valence-corrected chi connectivity index (χ2v) is 7.77. The van der Waals surface area contributed by atoms with Crippen LogP contribution in [0.25, 0.3) is 0 Å². The molecule has 1 aliphatic carbocycles. The predicted molar refractivity (Wildman–Crippen MR) is 91.7 cm³/mol. The van der Waals surface area contributed by atoms with Crippen LogP contribution >= 0.6 is 0 Å². The first-order chi connectivity index (χ1) is 9.85. The summed E-state index contributed by atoms with van der Waals surface area (Å²) >= 11 is 0. The molecule has 1 atom stereocenters. The van der Waals surface area contributed by atoms with E-state index < -0.39 is 0 Å². The van der Waals surface area contributed by atoms with Crippen molar-refractivity contribution < 1.29 is 0 Å². The minimum atomic E-state index is 0.194. The summed E-state index contributed by atoms with van der Waals surface area (Å²) in [6.45, 7) is 11.1. The van der Waals surface area contributed by atoms with Gasteiger partial charge in [0.25, 0.3) is 0 Å². The summed E-state index contributed by atoms with van der Waals surface area (Å²) in [6.07, 6.45) is 4.17. The van der Waals surface area contributed by atoms with Crippen molar-refractivity contribution in [3.8, 4) is 0 Å². The van der Waals surface area contributed by atoms with Gasteiger partial charge < -0.3 is 5.32 Å². The monoisotopic (exact) mass is 288 g/mol. The van der Waals surface area contributed by atoms with Gasteiger partial charge in [-0.2, -0.15) is 0 Å². The molecule has 1 fully saturated rings. The van der Waals surface area contributed by atoms with Gasteiger partial charge in [-0.25, -0.2) is 0 Å². The van der Waals surface area contributed by atoms with Gasteiger partial charge in [-0.1, -0.05) is 37.6 Å². The average Bonchev–Trinajstić information content (AvgIpc) is 2.33. The molecule has 0 saturated heterocycles. The molecule has 2 heteroatoms. The van der Waals surface area contributed by atoms with Crippen LogP contribution in [0.4, 0.5) is 0 Å². The van der Waals surface area contributed by atoms with E-state index >= 15 is 0 Å². The van der Waals surface area contributed by atoms with Gasteiger partial charge >= 0.3 is 0 Å². The Hall–Kier alpha value is -0.860. The van der Waals surface area contributed by atoms with Gasteiger partial charge in [0.1, 0.15) is 0 Å². The number of nitrogens with zero attached hydrogens (tertiary/aromatic N) is 1. The molecule has 0 aromatic heterocycles. The van der Waals surface area contributed by atoms with Gasteiger partial charge in [0.05, 0.1) is 0 Å². The zero-order valence-corrected chi connectivity index (χ0v) is 14.4. The van der Waals surface area contributed by atoms with E-state index in [2.05, 4.69) is 69.2 Å². The van der Waals surface area contributed by atoms with Gasteiger partial charge in [-0.3, -0.25) is 4.90 Å². The number of benzene rings is 1. The molecule has 1 aromatic carbocycles. The molecule has 21 heavy (non-hydrogen) atoms. The fourth-order valence-corrected chi connectivity index (χ4v) is 2.77. The Morgan fingerprint density at radius 2 is 1.81 bits per heavy atom. The summed E-state index contributed by atoms with van der Waals surface area (Å²) in [6, 6.07) is 10.0. The standard InChI is InChI=1S/C19H32N2/c1-15(13-20-19(2,3)4)17-11-9-16(10-12-17)14-21(5)18-7-6-8-18/h9-12,15,18,20H,6-8,13-14H2,1-5H3. The van der Waals surface area contributed by atoms with Gasteiger partial charge in [0.2, 0.25) is 0 Å². The topological polar surface area (TPSA) is 15.3 Å². The second-order valence-electron chi connectivity index (χ2n) is 7.77. The van der Waals surface area contributed by atoms with Crippen LogP contribution < -0.4 is 5.32 Å². The van der Waals surface area contributed by atoms with E-state index in [0.717, 1.165) is 19.1 Å². The largest absolute Gasteiger partial charge is 0.311 e. The fourth-order valence-electron chi connectivity index (χ4n) is 2.77. The first-order valence-electron chi connectivity index (χ1n) is 8.39. The van der Waals surface area contributed by atoms with Crippen molar-refractivity contribution in [3.05, 3.63) is 35.4 Å². The molecular formula is C19H32N2. The Balaban J connectivity index is 1.85. The molecular weight excluding hydrogens is 256 g/mol. The van der Waals surface area contributed by atoms with E-state index in [1.807, 2.05) is 0 Å². The first kappa shape index (κ1) is 16.5. The van der Waals surface area contributed by atoms with Crippen LogP contribution in [0, 0.1) is 0 Å². The molecule has 0 spiro atoms. The fraction of sp³-hybridized carbons (Fsp3) is 0.684. The van der Waals surface area contributed by atoms with Gasteiger partial charge in [0, 0.05) is 24.7 Å².